The highest BCUT2D eigenvalue weighted by Crippen LogP contribution is 2.29. The molecule has 2 aliphatic rings. The van der Waals surface area contributed by atoms with Crippen LogP contribution in [-0.4, -0.2) is 25.2 Å². The summed E-state index contributed by atoms with van der Waals surface area (Å²) in [6.07, 6.45) is 2.40. The molecule has 1 saturated carbocycles. The molecule has 1 fully saturated rings. The number of esters is 1. The molecule has 0 amide bonds. The van der Waals surface area contributed by atoms with Crippen LogP contribution < -0.4 is 10.6 Å². The molecule has 4 heteroatoms. The first-order valence-corrected chi connectivity index (χ1v) is 6.09. The van der Waals surface area contributed by atoms with Crippen LogP contribution in [0.2, 0.25) is 0 Å². The second kappa shape index (κ2) is 4.28. The van der Waals surface area contributed by atoms with Gasteiger partial charge in [0.2, 0.25) is 0 Å². The Kier molecular flexibility index (Phi) is 2.63. The number of rotatable bonds is 3. The molecule has 3 rings (SSSR count). The van der Waals surface area contributed by atoms with Crippen LogP contribution in [-0.2, 0) is 9.53 Å². The molecule has 2 N–H and O–H groups in total. The third-order valence-electron chi connectivity index (χ3n) is 3.20. The molecular formula is C13H16N2O2. The fourth-order valence-corrected chi connectivity index (χ4v) is 1.94. The lowest BCUT2D eigenvalue weighted by molar-refractivity contribution is -0.144. The second-order valence-corrected chi connectivity index (χ2v) is 4.70. The fraction of sp³-hybridized carbons (Fsp3) is 0.462. The lowest BCUT2D eigenvalue weighted by Gasteiger charge is -2.26. The molecule has 0 bridgehead atoms. The maximum Gasteiger partial charge on any atom is 0.330 e. The van der Waals surface area contributed by atoms with E-state index >= 15 is 0 Å². The first-order chi connectivity index (χ1) is 8.33. The van der Waals surface area contributed by atoms with E-state index in [1.165, 1.54) is 12.8 Å². The third kappa shape index (κ3) is 2.35. The highest BCUT2D eigenvalue weighted by Gasteiger charge is 2.28. The predicted octanol–water partition coefficient (Wildman–Crippen LogP) is 1.85. The quantitative estimate of drug-likeness (QED) is 0.781. The molecule has 90 valence electrons. The smallest absolute Gasteiger partial charge is 0.330 e. The van der Waals surface area contributed by atoms with E-state index in [2.05, 4.69) is 10.6 Å². The number of fused-ring (bicyclic) bond motifs is 1. The molecule has 1 aliphatic heterocycles. The van der Waals surface area contributed by atoms with Gasteiger partial charge in [0, 0.05) is 6.54 Å². The average Bonchev–Trinajstić information content (AvgIpc) is 3.19. The van der Waals surface area contributed by atoms with E-state index in [4.69, 9.17) is 4.74 Å². The SMILES string of the molecule is O=C(OCC1CC1)C1CNc2ccccc2N1. The summed E-state index contributed by atoms with van der Waals surface area (Å²) >= 11 is 0. The number of hydrogen-bond donors (Lipinski definition) is 2. The van der Waals surface area contributed by atoms with Crippen molar-refractivity contribution >= 4 is 17.3 Å². The number of anilines is 2. The molecule has 1 atom stereocenters. The molecule has 0 aromatic heterocycles. The minimum absolute atomic E-state index is 0.154. The standard InChI is InChI=1S/C13H16N2O2/c16-13(17-8-9-5-6-9)12-7-14-10-3-1-2-4-11(10)15-12/h1-4,9,12,14-15H,5-8H2. The van der Waals surface area contributed by atoms with Gasteiger partial charge in [-0.25, -0.2) is 4.79 Å². The van der Waals surface area contributed by atoms with Crippen molar-refractivity contribution in [2.75, 3.05) is 23.8 Å². The van der Waals surface area contributed by atoms with Gasteiger partial charge in [-0.05, 0) is 30.9 Å². The van der Waals surface area contributed by atoms with Gasteiger partial charge < -0.3 is 15.4 Å². The first-order valence-electron chi connectivity index (χ1n) is 6.09. The molecule has 1 heterocycles. The Hall–Kier alpha value is -1.71. The van der Waals surface area contributed by atoms with Crippen LogP contribution in [0, 0.1) is 5.92 Å². The summed E-state index contributed by atoms with van der Waals surface area (Å²) in [7, 11) is 0. The number of carbonyl (C=O) groups excluding carboxylic acids is 1. The van der Waals surface area contributed by atoms with Crippen molar-refractivity contribution in [3.63, 3.8) is 0 Å². The topological polar surface area (TPSA) is 50.4 Å². The lowest BCUT2D eigenvalue weighted by atomic mass is 10.1. The monoisotopic (exact) mass is 232 g/mol. The summed E-state index contributed by atoms with van der Waals surface area (Å²) in [5.41, 5.74) is 2.01. The number of hydrogen-bond acceptors (Lipinski definition) is 4. The molecule has 1 aliphatic carbocycles. The summed E-state index contributed by atoms with van der Waals surface area (Å²) in [6.45, 7) is 1.17. The van der Waals surface area contributed by atoms with Crippen LogP contribution in [0.15, 0.2) is 24.3 Å². The van der Waals surface area contributed by atoms with E-state index in [0.717, 1.165) is 11.4 Å². The van der Waals surface area contributed by atoms with Gasteiger partial charge in [-0.1, -0.05) is 12.1 Å². The van der Waals surface area contributed by atoms with E-state index in [1.54, 1.807) is 0 Å². The summed E-state index contributed by atoms with van der Waals surface area (Å²) in [5.74, 6) is 0.460. The zero-order chi connectivity index (χ0) is 11.7. The van der Waals surface area contributed by atoms with E-state index in [9.17, 15) is 4.79 Å². The maximum atomic E-state index is 11.8. The Balaban J connectivity index is 1.60. The van der Waals surface area contributed by atoms with Gasteiger partial charge in [-0.3, -0.25) is 0 Å². The highest BCUT2D eigenvalue weighted by molar-refractivity contribution is 5.84. The Morgan fingerprint density at radius 3 is 2.82 bits per heavy atom. The van der Waals surface area contributed by atoms with Gasteiger partial charge >= 0.3 is 5.97 Å². The van der Waals surface area contributed by atoms with E-state index in [-0.39, 0.29) is 12.0 Å². The van der Waals surface area contributed by atoms with Gasteiger partial charge in [0.25, 0.3) is 0 Å². The van der Waals surface area contributed by atoms with Crippen LogP contribution in [0.1, 0.15) is 12.8 Å². The fourth-order valence-electron chi connectivity index (χ4n) is 1.94. The Morgan fingerprint density at radius 2 is 2.06 bits per heavy atom. The van der Waals surface area contributed by atoms with Gasteiger partial charge in [0.05, 0.1) is 18.0 Å². The van der Waals surface area contributed by atoms with Crippen LogP contribution in [0.5, 0.6) is 0 Å². The molecule has 0 radical (unpaired) electrons. The summed E-state index contributed by atoms with van der Waals surface area (Å²) in [6, 6.07) is 7.60. The van der Waals surface area contributed by atoms with Crippen LogP contribution in [0.3, 0.4) is 0 Å². The highest BCUT2D eigenvalue weighted by atomic mass is 16.5. The van der Waals surface area contributed by atoms with Crippen molar-refractivity contribution in [2.24, 2.45) is 5.92 Å². The van der Waals surface area contributed by atoms with Crippen molar-refractivity contribution in [3.8, 4) is 0 Å². The van der Waals surface area contributed by atoms with Crippen molar-refractivity contribution in [3.05, 3.63) is 24.3 Å². The summed E-state index contributed by atoms with van der Waals surface area (Å²) in [5, 5.41) is 6.44. The van der Waals surface area contributed by atoms with Crippen molar-refractivity contribution in [1.82, 2.24) is 0 Å². The van der Waals surface area contributed by atoms with Gasteiger partial charge in [-0.2, -0.15) is 0 Å². The van der Waals surface area contributed by atoms with Gasteiger partial charge in [-0.15, -0.1) is 0 Å². The number of ether oxygens (including phenoxy) is 1. The summed E-state index contributed by atoms with van der Waals surface area (Å²) < 4.78 is 5.28. The average molecular weight is 232 g/mol. The van der Waals surface area contributed by atoms with E-state index in [0.29, 0.717) is 19.1 Å². The second-order valence-electron chi connectivity index (χ2n) is 4.70. The number of para-hydroxylation sites is 2. The first kappa shape index (κ1) is 10.4. The molecule has 0 saturated heterocycles. The molecule has 1 aromatic carbocycles. The minimum Gasteiger partial charge on any atom is -0.464 e. The minimum atomic E-state index is -0.274. The molecule has 1 unspecified atom stereocenters. The van der Waals surface area contributed by atoms with Crippen LogP contribution >= 0.6 is 0 Å². The third-order valence-corrected chi connectivity index (χ3v) is 3.20. The number of carbonyl (C=O) groups is 1. The largest absolute Gasteiger partial charge is 0.464 e. The Morgan fingerprint density at radius 1 is 1.29 bits per heavy atom. The maximum absolute atomic E-state index is 11.8. The normalized spacial score (nSPS) is 22.0. The zero-order valence-corrected chi connectivity index (χ0v) is 9.61. The molecule has 17 heavy (non-hydrogen) atoms. The zero-order valence-electron chi connectivity index (χ0n) is 9.61. The molecule has 0 spiro atoms. The predicted molar refractivity (Wildman–Crippen MR) is 66.0 cm³/mol. The molecule has 1 aromatic rings. The lowest BCUT2D eigenvalue weighted by Crippen LogP contribution is -2.40. The Bertz CT molecular complexity index is 429. The number of nitrogens with one attached hydrogen (secondary N) is 2. The van der Waals surface area contributed by atoms with Crippen molar-refractivity contribution in [1.29, 1.82) is 0 Å². The summed E-state index contributed by atoms with van der Waals surface area (Å²) in [4.78, 5) is 11.8. The van der Waals surface area contributed by atoms with Crippen LogP contribution in [0.25, 0.3) is 0 Å². The van der Waals surface area contributed by atoms with E-state index < -0.39 is 0 Å². The van der Waals surface area contributed by atoms with Crippen molar-refractivity contribution in [2.45, 2.75) is 18.9 Å². The number of benzene rings is 1. The van der Waals surface area contributed by atoms with Gasteiger partial charge in [0.15, 0.2) is 0 Å². The van der Waals surface area contributed by atoms with Crippen LogP contribution in [0.4, 0.5) is 11.4 Å². The molecular weight excluding hydrogens is 216 g/mol. The van der Waals surface area contributed by atoms with Gasteiger partial charge in [0.1, 0.15) is 6.04 Å². The van der Waals surface area contributed by atoms with E-state index in [1.807, 2.05) is 24.3 Å². The molecule has 4 nitrogen and oxygen atoms in total. The Labute approximate surface area is 100 Å². The van der Waals surface area contributed by atoms with Crippen molar-refractivity contribution < 1.29 is 9.53 Å².